The number of anilines is 1. The Morgan fingerprint density at radius 1 is 1.12 bits per heavy atom. The quantitative estimate of drug-likeness (QED) is 0.339. The molecule has 2 bridgehead atoms. The molecule has 222 valence electrons. The highest BCUT2D eigenvalue weighted by atomic mass is 35.5. The summed E-state index contributed by atoms with van der Waals surface area (Å²) in [5.41, 5.74) is 1.38. The molecule has 0 saturated carbocycles. The number of hydrogen-bond donors (Lipinski definition) is 1. The first-order valence-electron chi connectivity index (χ1n) is 14.6. The zero-order valence-electron chi connectivity index (χ0n) is 23.9. The van der Waals surface area contributed by atoms with E-state index in [0.29, 0.717) is 30.2 Å². The molecule has 3 heterocycles. The lowest BCUT2D eigenvalue weighted by atomic mass is 9.70. The van der Waals surface area contributed by atoms with Crippen LogP contribution >= 0.6 is 23.4 Å². The number of likely N-dealkylation sites (tertiary alicyclic amines) is 1. The summed E-state index contributed by atoms with van der Waals surface area (Å²) in [5.74, 6) is -1.75. The lowest BCUT2D eigenvalue weighted by Gasteiger charge is -2.39. The van der Waals surface area contributed by atoms with Crippen molar-refractivity contribution in [3.63, 3.8) is 0 Å². The van der Waals surface area contributed by atoms with Crippen LogP contribution in [0, 0.1) is 11.8 Å². The number of hydrogen-bond acceptors (Lipinski definition) is 5. The van der Waals surface area contributed by atoms with Crippen molar-refractivity contribution in [3.8, 4) is 0 Å². The van der Waals surface area contributed by atoms with Crippen LogP contribution in [0.3, 0.4) is 0 Å². The van der Waals surface area contributed by atoms with Crippen LogP contribution < -0.4 is 4.90 Å². The third-order valence-corrected chi connectivity index (χ3v) is 11.0. The van der Waals surface area contributed by atoms with E-state index < -0.39 is 28.7 Å². The second-order valence-corrected chi connectivity index (χ2v) is 13.2. The first kappa shape index (κ1) is 30.4. The van der Waals surface area contributed by atoms with Crippen LogP contribution in [0.1, 0.15) is 37.8 Å². The zero-order chi connectivity index (χ0) is 30.0. The van der Waals surface area contributed by atoms with E-state index in [9.17, 15) is 19.5 Å². The van der Waals surface area contributed by atoms with Crippen LogP contribution in [0.2, 0.25) is 5.02 Å². The summed E-state index contributed by atoms with van der Waals surface area (Å²) in [6.07, 6.45) is 5.55. The van der Waals surface area contributed by atoms with Crippen molar-refractivity contribution in [3.05, 3.63) is 90.5 Å². The van der Waals surface area contributed by atoms with Gasteiger partial charge >= 0.3 is 0 Å². The molecule has 0 radical (unpaired) electrons. The molecule has 3 fully saturated rings. The molecule has 3 aliphatic heterocycles. The van der Waals surface area contributed by atoms with Crippen molar-refractivity contribution in [1.29, 1.82) is 0 Å². The van der Waals surface area contributed by atoms with Gasteiger partial charge in [-0.2, -0.15) is 0 Å². The highest BCUT2D eigenvalue weighted by Crippen LogP contribution is 2.67. The Bertz CT molecular complexity index is 1340. The maximum atomic E-state index is 14.8. The number of halogens is 1. The molecule has 1 spiro atoms. The van der Waals surface area contributed by atoms with Crippen molar-refractivity contribution in [2.75, 3.05) is 31.1 Å². The van der Waals surface area contributed by atoms with Crippen LogP contribution in [-0.4, -0.2) is 74.9 Å². The number of aliphatic hydroxyl groups excluding tert-OH is 1. The summed E-state index contributed by atoms with van der Waals surface area (Å²) in [6, 6.07) is 14.7. The molecule has 7 nitrogen and oxygen atoms in total. The summed E-state index contributed by atoms with van der Waals surface area (Å²) in [4.78, 5) is 48.6. The highest BCUT2D eigenvalue weighted by Gasteiger charge is 2.74. The van der Waals surface area contributed by atoms with Gasteiger partial charge in [0.15, 0.2) is 0 Å². The second kappa shape index (κ2) is 12.7. The number of carbonyl (C=O) groups excluding carboxylic acids is 3. The molecule has 9 heteroatoms. The van der Waals surface area contributed by atoms with Gasteiger partial charge in [-0.25, -0.2) is 0 Å². The van der Waals surface area contributed by atoms with Gasteiger partial charge in [0.2, 0.25) is 11.8 Å². The third kappa shape index (κ3) is 5.07. The Hall–Kier alpha value is -3.07. The van der Waals surface area contributed by atoms with E-state index >= 15 is 0 Å². The van der Waals surface area contributed by atoms with Crippen molar-refractivity contribution in [1.82, 2.24) is 9.80 Å². The highest BCUT2D eigenvalue weighted by molar-refractivity contribution is 8.02. The average molecular weight is 608 g/mol. The molecule has 2 unspecified atom stereocenters. The summed E-state index contributed by atoms with van der Waals surface area (Å²) >= 11 is 7.79. The van der Waals surface area contributed by atoms with Gasteiger partial charge in [-0.3, -0.25) is 14.4 Å². The Kier molecular flexibility index (Phi) is 9.16. The lowest BCUT2D eigenvalue weighted by Crippen LogP contribution is -2.56. The zero-order valence-corrected chi connectivity index (χ0v) is 25.5. The standard InChI is InChI=1S/C33H38ClN3O4S/c1-4-18-35(19-5-2)30(39)27-26-16-17-33(42-26)28(27)31(40)37(25(21-38)22-10-8-7-9-11-22)29(33)32(41)36(20-6-3)24-14-12-23(34)13-15-24/h4,6-15,25-29,38H,1,3,5,16-21H2,2H3/t25-,26+,27-,28+,29?,33?/m1/s1. The SMILES string of the molecule is C=CCN(CCC)C(=O)[C@@H]1[C@@H]2CCC3(S2)C(C(=O)N(CC=C)c2ccc(Cl)cc2)N([C@H](CO)c2ccccc2)C(=O)[C@H]13. The van der Waals surface area contributed by atoms with Gasteiger partial charge in [-0.15, -0.1) is 24.9 Å². The summed E-state index contributed by atoms with van der Waals surface area (Å²) in [5, 5.41) is 11.2. The molecule has 3 amide bonds. The molecule has 3 saturated heterocycles. The summed E-state index contributed by atoms with van der Waals surface area (Å²) < 4.78 is -0.792. The minimum absolute atomic E-state index is 0.0527. The lowest BCUT2D eigenvalue weighted by molar-refractivity contribution is -0.145. The van der Waals surface area contributed by atoms with E-state index in [4.69, 9.17) is 11.6 Å². The van der Waals surface area contributed by atoms with Gasteiger partial charge in [0.1, 0.15) is 6.04 Å². The predicted molar refractivity (Wildman–Crippen MR) is 168 cm³/mol. The number of rotatable bonds is 12. The monoisotopic (exact) mass is 607 g/mol. The fourth-order valence-corrected chi connectivity index (χ4v) is 9.48. The number of carbonyl (C=O) groups is 3. The Balaban J connectivity index is 1.63. The number of amides is 3. The Labute approximate surface area is 257 Å². The normalized spacial score (nSPS) is 26.5. The molecule has 2 aromatic carbocycles. The van der Waals surface area contributed by atoms with Crippen LogP contribution in [0.15, 0.2) is 79.9 Å². The number of thioether (sulfide) groups is 1. The predicted octanol–water partition coefficient (Wildman–Crippen LogP) is 5.11. The fraction of sp³-hybridized carbons (Fsp3) is 0.424. The van der Waals surface area contributed by atoms with Gasteiger partial charge in [-0.1, -0.05) is 61.0 Å². The maximum Gasteiger partial charge on any atom is 0.251 e. The molecule has 0 aromatic heterocycles. The smallest absolute Gasteiger partial charge is 0.251 e. The van der Waals surface area contributed by atoms with Crippen molar-refractivity contribution in [2.24, 2.45) is 11.8 Å². The summed E-state index contributed by atoms with van der Waals surface area (Å²) in [7, 11) is 0. The largest absolute Gasteiger partial charge is 0.394 e. The van der Waals surface area contributed by atoms with Gasteiger partial charge in [0, 0.05) is 35.6 Å². The number of benzene rings is 2. The van der Waals surface area contributed by atoms with E-state index in [1.54, 1.807) is 62.9 Å². The summed E-state index contributed by atoms with van der Waals surface area (Å²) in [6.45, 7) is 10.6. The van der Waals surface area contributed by atoms with E-state index in [2.05, 4.69) is 13.2 Å². The molecule has 3 aliphatic rings. The van der Waals surface area contributed by atoms with Gasteiger partial charge in [-0.05, 0) is 49.1 Å². The van der Waals surface area contributed by atoms with Crippen LogP contribution in [0.5, 0.6) is 0 Å². The third-order valence-electron chi connectivity index (χ3n) is 8.82. The second-order valence-electron chi connectivity index (χ2n) is 11.2. The average Bonchev–Trinajstić information content (AvgIpc) is 3.64. The number of fused-ring (bicyclic) bond motifs is 1. The van der Waals surface area contributed by atoms with E-state index in [-0.39, 0.29) is 36.1 Å². The molecular formula is C33H38ClN3O4S. The maximum absolute atomic E-state index is 14.8. The first-order valence-corrected chi connectivity index (χ1v) is 15.8. The van der Waals surface area contributed by atoms with Crippen molar-refractivity contribution < 1.29 is 19.5 Å². The minimum Gasteiger partial charge on any atom is -0.394 e. The Morgan fingerprint density at radius 3 is 2.43 bits per heavy atom. The molecular weight excluding hydrogens is 570 g/mol. The van der Waals surface area contributed by atoms with Crippen LogP contribution in [0.4, 0.5) is 5.69 Å². The van der Waals surface area contributed by atoms with E-state index in [1.807, 2.05) is 37.3 Å². The van der Waals surface area contributed by atoms with Gasteiger partial charge in [0.05, 0.1) is 29.2 Å². The first-order chi connectivity index (χ1) is 20.3. The van der Waals surface area contributed by atoms with Crippen LogP contribution in [-0.2, 0) is 14.4 Å². The molecule has 5 rings (SSSR count). The van der Waals surface area contributed by atoms with Crippen LogP contribution in [0.25, 0.3) is 0 Å². The van der Waals surface area contributed by atoms with Gasteiger partial charge < -0.3 is 19.8 Å². The molecule has 2 aromatic rings. The molecule has 42 heavy (non-hydrogen) atoms. The topological polar surface area (TPSA) is 81.2 Å². The van der Waals surface area contributed by atoms with Crippen molar-refractivity contribution in [2.45, 2.75) is 48.3 Å². The molecule has 6 atom stereocenters. The van der Waals surface area contributed by atoms with E-state index in [0.717, 1.165) is 18.4 Å². The fourth-order valence-electron chi connectivity index (χ4n) is 7.17. The molecule has 0 aliphatic carbocycles. The van der Waals surface area contributed by atoms with Crippen molar-refractivity contribution >= 4 is 46.8 Å². The van der Waals surface area contributed by atoms with E-state index in [1.165, 1.54) is 0 Å². The number of nitrogens with zero attached hydrogens (tertiary/aromatic N) is 3. The van der Waals surface area contributed by atoms with Gasteiger partial charge in [0.25, 0.3) is 5.91 Å². The molecule has 1 N–H and O–H groups in total. The minimum atomic E-state index is -0.880. The number of aliphatic hydroxyl groups is 1. The Morgan fingerprint density at radius 2 is 1.81 bits per heavy atom.